The van der Waals surface area contributed by atoms with Gasteiger partial charge in [-0.05, 0) is 24.5 Å². The molecule has 3 rings (SSSR count). The maximum atomic E-state index is 11.9. The highest BCUT2D eigenvalue weighted by Crippen LogP contribution is 2.30. The second-order valence-electron chi connectivity index (χ2n) is 4.84. The average molecular weight is 260 g/mol. The van der Waals surface area contributed by atoms with Gasteiger partial charge in [0.05, 0.1) is 16.5 Å². The summed E-state index contributed by atoms with van der Waals surface area (Å²) in [6, 6.07) is 8.67. The van der Waals surface area contributed by atoms with Crippen molar-refractivity contribution in [3.8, 4) is 0 Å². The Morgan fingerprint density at radius 1 is 1.44 bits per heavy atom. The first-order valence-electron chi connectivity index (χ1n) is 6.28. The van der Waals surface area contributed by atoms with Gasteiger partial charge in [-0.15, -0.1) is 11.8 Å². The molecule has 0 atom stereocenters. The molecule has 0 bridgehead atoms. The van der Waals surface area contributed by atoms with Crippen LogP contribution in [0.15, 0.2) is 29.3 Å². The van der Waals surface area contributed by atoms with E-state index in [4.69, 9.17) is 0 Å². The van der Waals surface area contributed by atoms with Crippen molar-refractivity contribution in [2.75, 3.05) is 12.8 Å². The lowest BCUT2D eigenvalue weighted by molar-refractivity contribution is -0.127. The van der Waals surface area contributed by atoms with Crippen molar-refractivity contribution in [3.63, 3.8) is 0 Å². The molecular weight excluding hydrogens is 244 g/mol. The Bertz CT molecular complexity index is 508. The third kappa shape index (κ3) is 2.43. The normalized spacial score (nSPS) is 17.3. The van der Waals surface area contributed by atoms with E-state index in [9.17, 15) is 4.79 Å². The number of thioether (sulfide) groups is 1. The summed E-state index contributed by atoms with van der Waals surface area (Å²) in [6.45, 7) is 0. The predicted molar refractivity (Wildman–Crippen MR) is 75.5 cm³/mol. The average Bonchev–Trinajstić information content (AvgIpc) is 3.14. The van der Waals surface area contributed by atoms with Gasteiger partial charge in [0.25, 0.3) is 0 Å². The van der Waals surface area contributed by atoms with E-state index in [1.807, 2.05) is 30.1 Å². The molecule has 1 fully saturated rings. The standard InChI is InChI=1S/C14H16N2OS/c1-16(11-6-7-11)14(17)9-18-13-8-10-4-2-3-5-12(10)15-13/h2-5,11H,6-9H2,1H3. The number of benzene rings is 1. The van der Waals surface area contributed by atoms with Crippen LogP contribution < -0.4 is 0 Å². The van der Waals surface area contributed by atoms with Gasteiger partial charge in [0.2, 0.25) is 5.91 Å². The number of para-hydroxylation sites is 1. The molecule has 1 aromatic carbocycles. The van der Waals surface area contributed by atoms with Gasteiger partial charge in [0, 0.05) is 19.5 Å². The molecule has 0 unspecified atom stereocenters. The zero-order chi connectivity index (χ0) is 12.5. The van der Waals surface area contributed by atoms with E-state index in [2.05, 4.69) is 11.1 Å². The molecule has 1 aromatic rings. The van der Waals surface area contributed by atoms with Gasteiger partial charge in [0.1, 0.15) is 0 Å². The molecule has 0 spiro atoms. The van der Waals surface area contributed by atoms with Crippen molar-refractivity contribution in [1.82, 2.24) is 4.90 Å². The Balaban J connectivity index is 1.55. The van der Waals surface area contributed by atoms with Crippen LogP contribution in [0.3, 0.4) is 0 Å². The van der Waals surface area contributed by atoms with Crippen LogP contribution in [-0.2, 0) is 11.2 Å². The van der Waals surface area contributed by atoms with Gasteiger partial charge in [0.15, 0.2) is 0 Å². The number of carbonyl (C=O) groups is 1. The molecule has 1 heterocycles. The van der Waals surface area contributed by atoms with Crippen LogP contribution in [-0.4, -0.2) is 34.7 Å². The van der Waals surface area contributed by atoms with E-state index in [1.165, 1.54) is 18.4 Å². The molecule has 0 N–H and O–H groups in total. The minimum absolute atomic E-state index is 0.223. The van der Waals surface area contributed by atoms with Crippen molar-refractivity contribution in [2.45, 2.75) is 25.3 Å². The number of rotatable bonds is 3. The van der Waals surface area contributed by atoms with Crippen LogP contribution in [0.1, 0.15) is 18.4 Å². The van der Waals surface area contributed by atoms with E-state index in [0.29, 0.717) is 11.8 Å². The lowest BCUT2D eigenvalue weighted by atomic mass is 10.2. The van der Waals surface area contributed by atoms with Crippen molar-refractivity contribution < 1.29 is 4.79 Å². The lowest BCUT2D eigenvalue weighted by Crippen LogP contribution is -2.30. The summed E-state index contributed by atoms with van der Waals surface area (Å²) in [4.78, 5) is 18.3. The molecule has 94 valence electrons. The summed E-state index contributed by atoms with van der Waals surface area (Å²) in [6.07, 6.45) is 3.21. The minimum atomic E-state index is 0.223. The fourth-order valence-electron chi connectivity index (χ4n) is 2.10. The van der Waals surface area contributed by atoms with Crippen LogP contribution in [0, 0.1) is 0 Å². The van der Waals surface area contributed by atoms with Crippen LogP contribution in [0.4, 0.5) is 5.69 Å². The molecule has 1 amide bonds. The first-order chi connectivity index (χ1) is 8.74. The quantitative estimate of drug-likeness (QED) is 0.837. The second-order valence-corrected chi connectivity index (χ2v) is 5.88. The number of hydrogen-bond donors (Lipinski definition) is 0. The van der Waals surface area contributed by atoms with Gasteiger partial charge in [-0.1, -0.05) is 18.2 Å². The largest absolute Gasteiger partial charge is 0.342 e. The molecule has 18 heavy (non-hydrogen) atoms. The van der Waals surface area contributed by atoms with Crippen molar-refractivity contribution in [2.24, 2.45) is 4.99 Å². The summed E-state index contributed by atoms with van der Waals surface area (Å²) in [5.74, 6) is 0.737. The van der Waals surface area contributed by atoms with E-state index in [1.54, 1.807) is 11.8 Å². The SMILES string of the molecule is CN(C(=O)CSC1=Nc2ccccc2C1)C1CC1. The summed E-state index contributed by atoms with van der Waals surface area (Å²) in [5, 5.41) is 1.06. The molecular formula is C14H16N2OS. The van der Waals surface area contributed by atoms with Crippen LogP contribution >= 0.6 is 11.8 Å². The second kappa shape index (κ2) is 4.76. The molecule has 2 aliphatic rings. The molecule has 3 nitrogen and oxygen atoms in total. The van der Waals surface area contributed by atoms with Crippen LogP contribution in [0.25, 0.3) is 0 Å². The highest BCUT2D eigenvalue weighted by Gasteiger charge is 2.29. The third-order valence-electron chi connectivity index (χ3n) is 3.43. The molecule has 0 radical (unpaired) electrons. The monoisotopic (exact) mass is 260 g/mol. The van der Waals surface area contributed by atoms with Gasteiger partial charge in [-0.2, -0.15) is 0 Å². The number of nitrogens with zero attached hydrogens (tertiary/aromatic N) is 2. The summed E-state index contributed by atoms with van der Waals surface area (Å²) in [7, 11) is 1.91. The molecule has 0 saturated heterocycles. The van der Waals surface area contributed by atoms with E-state index in [0.717, 1.165) is 17.2 Å². The summed E-state index contributed by atoms with van der Waals surface area (Å²) >= 11 is 1.58. The Kier molecular flexibility index (Phi) is 3.12. The summed E-state index contributed by atoms with van der Waals surface area (Å²) < 4.78 is 0. The van der Waals surface area contributed by atoms with Crippen molar-refractivity contribution in [3.05, 3.63) is 29.8 Å². The smallest absolute Gasteiger partial charge is 0.232 e. The first kappa shape index (κ1) is 11.8. The van der Waals surface area contributed by atoms with E-state index < -0.39 is 0 Å². The van der Waals surface area contributed by atoms with Crippen molar-refractivity contribution >= 4 is 28.4 Å². The lowest BCUT2D eigenvalue weighted by Gasteiger charge is -2.15. The van der Waals surface area contributed by atoms with E-state index in [-0.39, 0.29) is 5.91 Å². The maximum absolute atomic E-state index is 11.9. The molecule has 1 aliphatic heterocycles. The number of aliphatic imine (C=N–C) groups is 1. The van der Waals surface area contributed by atoms with Crippen LogP contribution in [0.5, 0.6) is 0 Å². The summed E-state index contributed by atoms with van der Waals surface area (Å²) in [5.41, 5.74) is 2.32. The number of amides is 1. The van der Waals surface area contributed by atoms with Gasteiger partial charge >= 0.3 is 0 Å². The fourth-order valence-corrected chi connectivity index (χ4v) is 3.02. The highest BCUT2D eigenvalue weighted by molar-refractivity contribution is 8.14. The first-order valence-corrected chi connectivity index (χ1v) is 7.26. The highest BCUT2D eigenvalue weighted by atomic mass is 32.2. The maximum Gasteiger partial charge on any atom is 0.232 e. The topological polar surface area (TPSA) is 32.7 Å². The number of carbonyl (C=O) groups excluding carboxylic acids is 1. The molecule has 4 heteroatoms. The Hall–Kier alpha value is -1.29. The Labute approximate surface area is 111 Å². The minimum Gasteiger partial charge on any atom is -0.342 e. The fraction of sp³-hybridized carbons (Fsp3) is 0.429. The predicted octanol–water partition coefficient (Wildman–Crippen LogP) is 2.63. The zero-order valence-electron chi connectivity index (χ0n) is 10.4. The van der Waals surface area contributed by atoms with Gasteiger partial charge in [-0.25, -0.2) is 4.99 Å². The van der Waals surface area contributed by atoms with Gasteiger partial charge < -0.3 is 4.90 Å². The number of fused-ring (bicyclic) bond motifs is 1. The molecule has 0 aromatic heterocycles. The zero-order valence-corrected chi connectivity index (χ0v) is 11.2. The van der Waals surface area contributed by atoms with Gasteiger partial charge in [-0.3, -0.25) is 4.79 Å². The number of hydrogen-bond acceptors (Lipinski definition) is 3. The van der Waals surface area contributed by atoms with E-state index >= 15 is 0 Å². The van der Waals surface area contributed by atoms with Crippen molar-refractivity contribution in [1.29, 1.82) is 0 Å². The Morgan fingerprint density at radius 2 is 2.22 bits per heavy atom. The van der Waals surface area contributed by atoms with Crippen LogP contribution in [0.2, 0.25) is 0 Å². The molecule has 1 saturated carbocycles. The molecule has 1 aliphatic carbocycles. The Morgan fingerprint density at radius 3 is 2.94 bits per heavy atom. The third-order valence-corrected chi connectivity index (χ3v) is 4.39.